The second-order valence-electron chi connectivity index (χ2n) is 3.74. The summed E-state index contributed by atoms with van der Waals surface area (Å²) in [5.41, 5.74) is 0. The second-order valence-corrected chi connectivity index (χ2v) is 5.97. The fourth-order valence-corrected chi connectivity index (χ4v) is 3.70. The molecule has 1 fully saturated rings. The molecule has 0 aromatic carbocycles. The molecule has 2 rings (SSSR count). The molecule has 0 saturated carbocycles. The van der Waals surface area contributed by atoms with E-state index < -0.39 is 0 Å². The number of hydrogen-bond donors (Lipinski definition) is 0. The average molecular weight is 241 g/mol. The number of allylic oxidation sites excluding steroid dienone is 2. The molecule has 0 unspecified atom stereocenters. The van der Waals surface area contributed by atoms with Gasteiger partial charge in [-0.15, -0.1) is 11.8 Å². The maximum Gasteiger partial charge on any atom is 0.234 e. The van der Waals surface area contributed by atoms with E-state index in [9.17, 15) is 0 Å². The van der Waals surface area contributed by atoms with Crippen molar-refractivity contribution in [1.29, 1.82) is 0 Å². The molecule has 0 aromatic heterocycles. The van der Waals surface area contributed by atoms with E-state index in [0.717, 1.165) is 0 Å². The third kappa shape index (κ3) is 2.82. The van der Waals surface area contributed by atoms with E-state index in [1.165, 1.54) is 34.7 Å². The van der Waals surface area contributed by atoms with Crippen molar-refractivity contribution in [3.05, 3.63) is 23.3 Å². The Kier molecular flexibility index (Phi) is 3.81. The Labute approximate surface area is 100 Å². The monoisotopic (exact) mass is 241 g/mol. The van der Waals surface area contributed by atoms with Crippen LogP contribution < -0.4 is 0 Å². The van der Waals surface area contributed by atoms with Crippen LogP contribution in [-0.2, 0) is 0 Å². The lowest BCUT2D eigenvalue weighted by atomic mass is 10.4. The van der Waals surface area contributed by atoms with E-state index in [4.69, 9.17) is 0 Å². The van der Waals surface area contributed by atoms with Gasteiger partial charge in [-0.2, -0.15) is 0 Å². The van der Waals surface area contributed by atoms with Crippen LogP contribution in [0.4, 0.5) is 0 Å². The smallest absolute Gasteiger partial charge is 0.234 e. The summed E-state index contributed by atoms with van der Waals surface area (Å²) in [7, 11) is 4.31. The Morgan fingerprint density at radius 3 is 2.80 bits per heavy atom. The maximum absolute atomic E-state index is 2.31. The van der Waals surface area contributed by atoms with Gasteiger partial charge in [0, 0.05) is 25.4 Å². The normalized spacial score (nSPS) is 25.2. The van der Waals surface area contributed by atoms with Crippen LogP contribution in [0, 0.1) is 0 Å². The van der Waals surface area contributed by atoms with E-state index >= 15 is 0 Å². The minimum absolute atomic E-state index is 1.18. The zero-order chi connectivity index (χ0) is 10.7. The zero-order valence-corrected chi connectivity index (χ0v) is 10.9. The average Bonchev–Trinajstić information content (AvgIpc) is 2.78. The number of thioether (sulfide) groups is 2. The Balaban J connectivity index is 1.97. The molecule has 1 saturated heterocycles. The van der Waals surface area contributed by atoms with Crippen LogP contribution in [0.25, 0.3) is 0 Å². The lowest BCUT2D eigenvalue weighted by Crippen LogP contribution is -2.10. The largest absolute Gasteiger partial charge is 0.369 e. The van der Waals surface area contributed by atoms with Gasteiger partial charge >= 0.3 is 0 Å². The van der Waals surface area contributed by atoms with Gasteiger partial charge in [-0.05, 0) is 6.08 Å². The third-order valence-corrected chi connectivity index (χ3v) is 4.84. The van der Waals surface area contributed by atoms with Gasteiger partial charge in [-0.3, -0.25) is 0 Å². The second kappa shape index (κ2) is 5.12. The van der Waals surface area contributed by atoms with Gasteiger partial charge in [0.2, 0.25) is 5.04 Å². The molecule has 2 aliphatic rings. The van der Waals surface area contributed by atoms with Crippen molar-refractivity contribution in [1.82, 2.24) is 4.90 Å². The molecule has 82 valence electrons. The predicted molar refractivity (Wildman–Crippen MR) is 70.8 cm³/mol. The highest BCUT2D eigenvalue weighted by Gasteiger charge is 2.16. The fraction of sp³-hybridized carbons (Fsp3) is 0.545. The maximum atomic E-state index is 2.31. The van der Waals surface area contributed by atoms with Crippen molar-refractivity contribution in [2.45, 2.75) is 0 Å². The van der Waals surface area contributed by atoms with Gasteiger partial charge in [0.1, 0.15) is 7.05 Å². The minimum Gasteiger partial charge on any atom is -0.369 e. The van der Waals surface area contributed by atoms with E-state index in [2.05, 4.69) is 41.8 Å². The summed E-state index contributed by atoms with van der Waals surface area (Å²) in [5, 5.41) is 2.77. The first-order valence-corrected chi connectivity index (χ1v) is 7.17. The summed E-state index contributed by atoms with van der Waals surface area (Å²) >= 11 is 3.88. The van der Waals surface area contributed by atoms with Crippen LogP contribution >= 0.6 is 23.5 Å². The summed E-state index contributed by atoms with van der Waals surface area (Å²) in [6.45, 7) is 2.35. The van der Waals surface area contributed by atoms with Crippen LogP contribution in [0.2, 0.25) is 0 Å². The fourth-order valence-electron chi connectivity index (χ4n) is 1.58. The molecular formula is C11H17N2S2+. The highest BCUT2D eigenvalue weighted by molar-refractivity contribution is 8.14. The van der Waals surface area contributed by atoms with Gasteiger partial charge in [-0.1, -0.05) is 17.8 Å². The Morgan fingerprint density at radius 1 is 1.33 bits per heavy atom. The van der Waals surface area contributed by atoms with Crippen molar-refractivity contribution in [3.63, 3.8) is 0 Å². The lowest BCUT2D eigenvalue weighted by molar-refractivity contribution is -0.485. The number of nitrogens with zero attached hydrogens (tertiary/aromatic N) is 2. The summed E-state index contributed by atoms with van der Waals surface area (Å²) in [6.07, 6.45) is 6.61. The van der Waals surface area contributed by atoms with Crippen LogP contribution in [-0.4, -0.2) is 53.2 Å². The minimum atomic E-state index is 1.18. The van der Waals surface area contributed by atoms with Gasteiger partial charge in [0.15, 0.2) is 6.54 Å². The third-order valence-electron chi connectivity index (χ3n) is 2.58. The Morgan fingerprint density at radius 2 is 2.20 bits per heavy atom. The molecule has 0 N–H and O–H groups in total. The van der Waals surface area contributed by atoms with Crippen LogP contribution in [0.3, 0.4) is 0 Å². The molecule has 2 heterocycles. The van der Waals surface area contributed by atoms with Crippen LogP contribution in [0.15, 0.2) is 23.3 Å². The first kappa shape index (κ1) is 11.1. The first-order valence-electron chi connectivity index (χ1n) is 5.20. The molecule has 15 heavy (non-hydrogen) atoms. The standard InChI is InChI=1S/C11H17N2S2/c1-12-6-8-14-10(12)4-3-5-11-13(2)7-9-15-11/h3-5H,6-9H2,1-2H3/q+1. The molecule has 2 aliphatic heterocycles. The molecule has 4 heteroatoms. The number of hydrogen-bond acceptors (Lipinski definition) is 3. The predicted octanol–water partition coefficient (Wildman–Crippen LogP) is 1.85. The van der Waals surface area contributed by atoms with E-state index in [1.54, 1.807) is 0 Å². The van der Waals surface area contributed by atoms with Gasteiger partial charge in [0.25, 0.3) is 0 Å². The van der Waals surface area contributed by atoms with E-state index in [1.807, 2.05) is 23.5 Å². The SMILES string of the molecule is CN1CCS/C1=C/C=C/C1=[N+](C)CCS1. The summed E-state index contributed by atoms with van der Waals surface area (Å²) in [6, 6.07) is 0. The molecular weight excluding hydrogens is 224 g/mol. The van der Waals surface area contributed by atoms with Crippen molar-refractivity contribution in [3.8, 4) is 0 Å². The summed E-state index contributed by atoms with van der Waals surface area (Å²) in [5.74, 6) is 2.45. The Bertz CT molecular complexity index is 331. The van der Waals surface area contributed by atoms with Crippen molar-refractivity contribution >= 4 is 28.6 Å². The van der Waals surface area contributed by atoms with Crippen LogP contribution in [0.5, 0.6) is 0 Å². The molecule has 0 bridgehead atoms. The van der Waals surface area contributed by atoms with Gasteiger partial charge in [-0.25, -0.2) is 4.58 Å². The van der Waals surface area contributed by atoms with Crippen molar-refractivity contribution in [2.24, 2.45) is 0 Å². The van der Waals surface area contributed by atoms with Crippen molar-refractivity contribution < 1.29 is 4.58 Å². The van der Waals surface area contributed by atoms with E-state index in [0.29, 0.717) is 0 Å². The first-order chi connectivity index (χ1) is 7.27. The molecule has 0 radical (unpaired) electrons. The van der Waals surface area contributed by atoms with Crippen molar-refractivity contribution in [2.75, 3.05) is 38.7 Å². The number of rotatable bonds is 2. The lowest BCUT2D eigenvalue weighted by Gasteiger charge is -2.09. The molecule has 0 atom stereocenters. The van der Waals surface area contributed by atoms with Crippen LogP contribution in [0.1, 0.15) is 0 Å². The van der Waals surface area contributed by atoms with Gasteiger partial charge in [0.05, 0.1) is 10.8 Å². The quantitative estimate of drug-likeness (QED) is 0.681. The molecule has 0 spiro atoms. The summed E-state index contributed by atoms with van der Waals surface area (Å²) < 4.78 is 2.31. The van der Waals surface area contributed by atoms with Gasteiger partial charge < -0.3 is 4.90 Å². The molecule has 0 amide bonds. The highest BCUT2D eigenvalue weighted by Crippen LogP contribution is 2.25. The Hall–Kier alpha value is -0.350. The molecule has 0 aromatic rings. The topological polar surface area (TPSA) is 6.25 Å². The molecule has 2 nitrogen and oxygen atoms in total. The van der Waals surface area contributed by atoms with E-state index in [-0.39, 0.29) is 0 Å². The molecule has 0 aliphatic carbocycles. The summed E-state index contributed by atoms with van der Waals surface area (Å²) in [4.78, 5) is 2.31. The zero-order valence-electron chi connectivity index (χ0n) is 9.27. The highest BCUT2D eigenvalue weighted by atomic mass is 32.2.